The lowest BCUT2D eigenvalue weighted by Gasteiger charge is -2.10. The van der Waals surface area contributed by atoms with Gasteiger partial charge >= 0.3 is 0 Å². The van der Waals surface area contributed by atoms with E-state index < -0.39 is 0 Å². The first-order valence-corrected chi connectivity index (χ1v) is 5.78. The molecule has 1 aromatic carbocycles. The molecule has 0 aliphatic carbocycles. The standard InChI is InChI=1S/C10H13BrClNO/c1-7-3-10(14-2)9(12)4-8(7)5-13-6-11/h3-4,13H,5-6H2,1-2H3. The molecule has 0 amide bonds. The number of hydrogen-bond donors (Lipinski definition) is 1. The minimum atomic E-state index is 0.657. The summed E-state index contributed by atoms with van der Waals surface area (Å²) in [6, 6.07) is 3.89. The molecule has 14 heavy (non-hydrogen) atoms. The first-order valence-electron chi connectivity index (χ1n) is 4.28. The fourth-order valence-corrected chi connectivity index (χ4v) is 1.69. The van der Waals surface area contributed by atoms with Gasteiger partial charge in [-0.3, -0.25) is 0 Å². The quantitative estimate of drug-likeness (QED) is 0.675. The Morgan fingerprint density at radius 2 is 2.21 bits per heavy atom. The van der Waals surface area contributed by atoms with Crippen LogP contribution in [0, 0.1) is 6.92 Å². The van der Waals surface area contributed by atoms with E-state index in [0.717, 1.165) is 17.7 Å². The van der Waals surface area contributed by atoms with E-state index >= 15 is 0 Å². The second-order valence-electron chi connectivity index (χ2n) is 2.97. The zero-order valence-corrected chi connectivity index (χ0v) is 10.6. The van der Waals surface area contributed by atoms with Crippen LogP contribution in [0.5, 0.6) is 5.75 Å². The molecule has 0 spiro atoms. The number of rotatable bonds is 4. The number of alkyl halides is 1. The van der Waals surface area contributed by atoms with Crippen LogP contribution < -0.4 is 10.1 Å². The SMILES string of the molecule is COc1cc(C)c(CNCBr)cc1Cl. The van der Waals surface area contributed by atoms with E-state index in [-0.39, 0.29) is 0 Å². The number of hydrogen-bond acceptors (Lipinski definition) is 2. The van der Waals surface area contributed by atoms with E-state index in [1.165, 1.54) is 11.1 Å². The highest BCUT2D eigenvalue weighted by Crippen LogP contribution is 2.27. The van der Waals surface area contributed by atoms with Gasteiger partial charge in [0.1, 0.15) is 5.75 Å². The summed E-state index contributed by atoms with van der Waals surface area (Å²) < 4.78 is 5.12. The predicted molar refractivity (Wildman–Crippen MR) is 63.4 cm³/mol. The molecule has 0 bridgehead atoms. The third-order valence-corrected chi connectivity index (χ3v) is 2.71. The highest BCUT2D eigenvalue weighted by Gasteiger charge is 2.05. The minimum Gasteiger partial charge on any atom is -0.495 e. The van der Waals surface area contributed by atoms with Gasteiger partial charge in [0, 0.05) is 6.54 Å². The van der Waals surface area contributed by atoms with Crippen LogP contribution in [0.1, 0.15) is 11.1 Å². The van der Waals surface area contributed by atoms with E-state index in [4.69, 9.17) is 16.3 Å². The van der Waals surface area contributed by atoms with Gasteiger partial charge in [-0.2, -0.15) is 0 Å². The third kappa shape index (κ3) is 2.87. The number of ether oxygens (including phenoxy) is 1. The fourth-order valence-electron chi connectivity index (χ4n) is 1.23. The van der Waals surface area contributed by atoms with E-state index in [1.807, 2.05) is 19.1 Å². The number of aryl methyl sites for hydroxylation is 1. The lowest BCUT2D eigenvalue weighted by atomic mass is 10.1. The normalized spacial score (nSPS) is 10.3. The van der Waals surface area contributed by atoms with Gasteiger partial charge in [0.15, 0.2) is 0 Å². The molecule has 1 rings (SSSR count). The Hall–Kier alpha value is -0.250. The van der Waals surface area contributed by atoms with Crippen molar-refractivity contribution in [2.24, 2.45) is 0 Å². The Morgan fingerprint density at radius 1 is 1.50 bits per heavy atom. The summed E-state index contributed by atoms with van der Waals surface area (Å²) in [5, 5.41) is 3.84. The molecule has 0 saturated carbocycles. The van der Waals surface area contributed by atoms with E-state index in [0.29, 0.717) is 5.02 Å². The van der Waals surface area contributed by atoms with Gasteiger partial charge in [0.05, 0.1) is 17.6 Å². The summed E-state index contributed by atoms with van der Waals surface area (Å²) in [6.07, 6.45) is 0. The van der Waals surface area contributed by atoms with Crippen molar-refractivity contribution in [3.05, 3.63) is 28.3 Å². The number of methoxy groups -OCH3 is 1. The summed E-state index contributed by atoms with van der Waals surface area (Å²) in [6.45, 7) is 2.85. The summed E-state index contributed by atoms with van der Waals surface area (Å²) in [7, 11) is 1.62. The number of halogens is 2. The highest BCUT2D eigenvalue weighted by atomic mass is 79.9. The van der Waals surface area contributed by atoms with Gasteiger partial charge in [-0.1, -0.05) is 27.5 Å². The maximum Gasteiger partial charge on any atom is 0.137 e. The van der Waals surface area contributed by atoms with Crippen LogP contribution in [0.15, 0.2) is 12.1 Å². The van der Waals surface area contributed by atoms with Crippen LogP contribution in [0.3, 0.4) is 0 Å². The van der Waals surface area contributed by atoms with E-state index in [9.17, 15) is 0 Å². The Labute approximate surface area is 97.7 Å². The van der Waals surface area contributed by atoms with Crippen molar-refractivity contribution in [3.8, 4) is 5.75 Å². The van der Waals surface area contributed by atoms with Crippen molar-refractivity contribution < 1.29 is 4.74 Å². The Kier molecular flexibility index (Phi) is 4.72. The van der Waals surface area contributed by atoms with Crippen molar-refractivity contribution in [1.82, 2.24) is 5.32 Å². The van der Waals surface area contributed by atoms with Crippen molar-refractivity contribution in [2.75, 3.05) is 12.6 Å². The molecule has 78 valence electrons. The van der Waals surface area contributed by atoms with Crippen LogP contribution in [-0.2, 0) is 6.54 Å². The lowest BCUT2D eigenvalue weighted by Crippen LogP contribution is -2.11. The van der Waals surface area contributed by atoms with Crippen molar-refractivity contribution in [1.29, 1.82) is 0 Å². The molecule has 4 heteroatoms. The molecule has 0 saturated heterocycles. The van der Waals surface area contributed by atoms with Gasteiger partial charge in [-0.25, -0.2) is 0 Å². The average molecular weight is 279 g/mol. The maximum atomic E-state index is 6.02. The number of nitrogens with one attached hydrogen (secondary N) is 1. The number of benzene rings is 1. The Morgan fingerprint density at radius 3 is 2.79 bits per heavy atom. The Bertz CT molecular complexity index is 317. The van der Waals surface area contributed by atoms with Gasteiger partial charge < -0.3 is 10.1 Å². The summed E-state index contributed by atoms with van der Waals surface area (Å²) in [5.74, 6) is 0.728. The fraction of sp³-hybridized carbons (Fsp3) is 0.400. The van der Waals surface area contributed by atoms with Crippen LogP contribution >= 0.6 is 27.5 Å². The molecule has 0 aliphatic rings. The summed E-state index contributed by atoms with van der Waals surface area (Å²) in [5.41, 5.74) is 3.14. The summed E-state index contributed by atoms with van der Waals surface area (Å²) >= 11 is 9.33. The molecular formula is C10H13BrClNO. The van der Waals surface area contributed by atoms with Crippen molar-refractivity contribution in [3.63, 3.8) is 0 Å². The summed E-state index contributed by atoms with van der Waals surface area (Å²) in [4.78, 5) is 0. The smallest absolute Gasteiger partial charge is 0.137 e. The minimum absolute atomic E-state index is 0.657. The topological polar surface area (TPSA) is 21.3 Å². The average Bonchev–Trinajstić information content (AvgIpc) is 2.18. The van der Waals surface area contributed by atoms with Gasteiger partial charge in [0.25, 0.3) is 0 Å². The molecule has 0 unspecified atom stereocenters. The van der Waals surface area contributed by atoms with Crippen molar-refractivity contribution in [2.45, 2.75) is 13.5 Å². The third-order valence-electron chi connectivity index (χ3n) is 2.02. The molecule has 2 nitrogen and oxygen atoms in total. The molecule has 0 heterocycles. The zero-order chi connectivity index (χ0) is 10.6. The molecule has 0 aliphatic heterocycles. The maximum absolute atomic E-state index is 6.02. The van der Waals surface area contributed by atoms with Gasteiger partial charge in [-0.05, 0) is 30.2 Å². The lowest BCUT2D eigenvalue weighted by molar-refractivity contribution is 0.414. The second-order valence-corrected chi connectivity index (χ2v) is 3.94. The first kappa shape index (κ1) is 11.8. The Balaban J connectivity index is 2.90. The van der Waals surface area contributed by atoms with Crippen LogP contribution in [0.4, 0.5) is 0 Å². The monoisotopic (exact) mass is 277 g/mol. The zero-order valence-electron chi connectivity index (χ0n) is 8.23. The highest BCUT2D eigenvalue weighted by molar-refractivity contribution is 9.09. The van der Waals surface area contributed by atoms with Crippen LogP contribution in [0.2, 0.25) is 5.02 Å². The molecule has 0 fully saturated rings. The van der Waals surface area contributed by atoms with Crippen molar-refractivity contribution >= 4 is 27.5 Å². The first-order chi connectivity index (χ1) is 6.69. The van der Waals surface area contributed by atoms with Gasteiger partial charge in [-0.15, -0.1) is 0 Å². The largest absolute Gasteiger partial charge is 0.495 e. The molecule has 0 radical (unpaired) electrons. The van der Waals surface area contributed by atoms with E-state index in [1.54, 1.807) is 7.11 Å². The molecule has 0 aromatic heterocycles. The molecule has 1 aromatic rings. The van der Waals surface area contributed by atoms with Gasteiger partial charge in [0.2, 0.25) is 0 Å². The predicted octanol–water partition coefficient (Wildman–Crippen LogP) is 3.10. The second kappa shape index (κ2) is 5.59. The van der Waals surface area contributed by atoms with E-state index in [2.05, 4.69) is 21.2 Å². The van der Waals surface area contributed by atoms with Crippen LogP contribution in [-0.4, -0.2) is 12.6 Å². The molecule has 0 atom stereocenters. The van der Waals surface area contributed by atoms with Crippen LogP contribution in [0.25, 0.3) is 0 Å². The molecular weight excluding hydrogens is 265 g/mol. The molecule has 1 N–H and O–H groups in total.